The highest BCUT2D eigenvalue weighted by molar-refractivity contribution is 5.95. The molecule has 0 bridgehead atoms. The van der Waals surface area contributed by atoms with E-state index in [0.29, 0.717) is 13.1 Å². The summed E-state index contributed by atoms with van der Waals surface area (Å²) in [7, 11) is 0. The van der Waals surface area contributed by atoms with Gasteiger partial charge >= 0.3 is 6.03 Å². The summed E-state index contributed by atoms with van der Waals surface area (Å²) in [5.74, 6) is -0.404. The van der Waals surface area contributed by atoms with E-state index in [0.717, 1.165) is 0 Å². The Morgan fingerprint density at radius 2 is 2.12 bits per heavy atom. The van der Waals surface area contributed by atoms with E-state index in [2.05, 4.69) is 17.2 Å². The van der Waals surface area contributed by atoms with Gasteiger partial charge in [-0.3, -0.25) is 15.0 Å². The Labute approximate surface area is 102 Å². The first-order valence-corrected chi connectivity index (χ1v) is 5.54. The van der Waals surface area contributed by atoms with Crippen molar-refractivity contribution < 1.29 is 14.7 Å². The fourth-order valence-corrected chi connectivity index (χ4v) is 1.23. The second-order valence-corrected chi connectivity index (χ2v) is 3.92. The number of aliphatic hydroxyl groups is 1. The molecule has 0 atom stereocenters. The number of rotatable bonds is 7. The van der Waals surface area contributed by atoms with Crippen molar-refractivity contribution in [2.75, 3.05) is 26.2 Å². The molecule has 0 saturated carbocycles. The maximum atomic E-state index is 11.5. The zero-order valence-electron chi connectivity index (χ0n) is 10.4. The van der Waals surface area contributed by atoms with Crippen LogP contribution in [-0.2, 0) is 4.79 Å². The highest BCUT2D eigenvalue weighted by atomic mass is 16.3. The number of carbonyl (C=O) groups excluding carboxylic acids is 2. The van der Waals surface area contributed by atoms with Crippen LogP contribution in [0.4, 0.5) is 4.79 Å². The summed E-state index contributed by atoms with van der Waals surface area (Å²) in [6.07, 6.45) is 1.64. The number of hydrogen-bond donors (Lipinski definition) is 3. The third kappa shape index (κ3) is 8.41. The summed E-state index contributed by atoms with van der Waals surface area (Å²) < 4.78 is 0. The summed E-state index contributed by atoms with van der Waals surface area (Å²) in [5, 5.41) is 13.6. The summed E-state index contributed by atoms with van der Waals surface area (Å²) >= 11 is 0. The molecular formula is C11H21N3O3. The molecule has 6 heteroatoms. The molecule has 17 heavy (non-hydrogen) atoms. The zero-order valence-corrected chi connectivity index (χ0v) is 10.4. The lowest BCUT2D eigenvalue weighted by molar-refractivity contribution is -0.121. The van der Waals surface area contributed by atoms with Crippen LogP contribution in [-0.4, -0.2) is 54.2 Å². The molecule has 0 aromatic rings. The summed E-state index contributed by atoms with van der Waals surface area (Å²) in [6, 6.07) is -0.530. The Balaban J connectivity index is 4.04. The van der Waals surface area contributed by atoms with E-state index in [4.69, 9.17) is 5.11 Å². The Bertz CT molecular complexity index is 267. The summed E-state index contributed by atoms with van der Waals surface area (Å²) in [6.45, 7) is 8.03. The largest absolute Gasteiger partial charge is 0.395 e. The first-order valence-electron chi connectivity index (χ1n) is 5.54. The molecule has 0 fully saturated rings. The smallest absolute Gasteiger partial charge is 0.321 e. The van der Waals surface area contributed by atoms with Crippen molar-refractivity contribution in [3.8, 4) is 0 Å². The minimum Gasteiger partial charge on any atom is -0.395 e. The van der Waals surface area contributed by atoms with Crippen molar-refractivity contribution in [2.45, 2.75) is 19.9 Å². The van der Waals surface area contributed by atoms with Crippen molar-refractivity contribution in [3.05, 3.63) is 12.7 Å². The van der Waals surface area contributed by atoms with Gasteiger partial charge in [0.1, 0.15) is 0 Å². The van der Waals surface area contributed by atoms with Crippen LogP contribution in [0.1, 0.15) is 13.8 Å². The van der Waals surface area contributed by atoms with E-state index in [9.17, 15) is 9.59 Å². The van der Waals surface area contributed by atoms with Crippen molar-refractivity contribution in [3.63, 3.8) is 0 Å². The van der Waals surface area contributed by atoms with Crippen molar-refractivity contribution in [2.24, 2.45) is 0 Å². The average Bonchev–Trinajstić information content (AvgIpc) is 2.16. The zero-order chi connectivity index (χ0) is 13.3. The van der Waals surface area contributed by atoms with Crippen molar-refractivity contribution in [1.82, 2.24) is 15.5 Å². The second-order valence-electron chi connectivity index (χ2n) is 3.92. The van der Waals surface area contributed by atoms with Crippen molar-refractivity contribution in [1.29, 1.82) is 0 Å². The van der Waals surface area contributed by atoms with Gasteiger partial charge < -0.3 is 10.4 Å². The fourth-order valence-electron chi connectivity index (χ4n) is 1.23. The van der Waals surface area contributed by atoms with Gasteiger partial charge in [-0.25, -0.2) is 4.79 Å². The molecule has 0 rings (SSSR count). The number of imide groups is 1. The molecule has 0 spiro atoms. The van der Waals surface area contributed by atoms with E-state index in [-0.39, 0.29) is 19.2 Å². The lowest BCUT2D eigenvalue weighted by Crippen LogP contribution is -2.46. The molecule has 0 unspecified atom stereocenters. The van der Waals surface area contributed by atoms with E-state index < -0.39 is 11.9 Å². The highest BCUT2D eigenvalue weighted by Crippen LogP contribution is 1.88. The van der Waals surface area contributed by atoms with Gasteiger partial charge in [-0.1, -0.05) is 6.08 Å². The highest BCUT2D eigenvalue weighted by Gasteiger charge is 2.12. The van der Waals surface area contributed by atoms with Gasteiger partial charge in [0.2, 0.25) is 5.91 Å². The van der Waals surface area contributed by atoms with E-state index in [1.54, 1.807) is 24.8 Å². The summed E-state index contributed by atoms with van der Waals surface area (Å²) in [4.78, 5) is 24.4. The van der Waals surface area contributed by atoms with Crippen LogP contribution in [0.25, 0.3) is 0 Å². The van der Waals surface area contributed by atoms with Gasteiger partial charge in [-0.15, -0.1) is 6.58 Å². The van der Waals surface area contributed by atoms with Gasteiger partial charge in [0.05, 0.1) is 13.2 Å². The molecule has 98 valence electrons. The van der Waals surface area contributed by atoms with E-state index in [1.807, 2.05) is 0 Å². The number of nitrogens with zero attached hydrogens (tertiary/aromatic N) is 1. The standard InChI is InChI=1S/C11H21N3O3/c1-4-5-14(6-7-15)8-10(16)13-11(17)12-9(2)3/h4,9,15H,1,5-8H2,2-3H3,(H2,12,13,16,17). The van der Waals surface area contributed by atoms with Gasteiger partial charge in [-0.05, 0) is 13.8 Å². The molecule has 0 heterocycles. The number of amides is 3. The van der Waals surface area contributed by atoms with Crippen LogP contribution in [0.15, 0.2) is 12.7 Å². The monoisotopic (exact) mass is 243 g/mol. The van der Waals surface area contributed by atoms with Gasteiger partial charge in [-0.2, -0.15) is 0 Å². The van der Waals surface area contributed by atoms with Crippen LogP contribution in [0.3, 0.4) is 0 Å². The number of carbonyl (C=O) groups is 2. The Morgan fingerprint density at radius 3 is 2.59 bits per heavy atom. The number of urea groups is 1. The number of aliphatic hydroxyl groups excluding tert-OH is 1. The van der Waals surface area contributed by atoms with Crippen LogP contribution >= 0.6 is 0 Å². The molecule has 6 nitrogen and oxygen atoms in total. The minimum atomic E-state index is -0.507. The molecule has 0 aliphatic rings. The van der Waals surface area contributed by atoms with Crippen LogP contribution in [0, 0.1) is 0 Å². The Hall–Kier alpha value is -1.40. The first kappa shape index (κ1) is 15.6. The molecule has 0 aliphatic heterocycles. The predicted molar refractivity (Wildman–Crippen MR) is 65.5 cm³/mol. The Morgan fingerprint density at radius 1 is 1.47 bits per heavy atom. The Kier molecular flexibility index (Phi) is 8.00. The summed E-state index contributed by atoms with van der Waals surface area (Å²) in [5.41, 5.74) is 0. The average molecular weight is 243 g/mol. The third-order valence-electron chi connectivity index (χ3n) is 1.84. The van der Waals surface area contributed by atoms with Crippen LogP contribution < -0.4 is 10.6 Å². The van der Waals surface area contributed by atoms with Crippen molar-refractivity contribution >= 4 is 11.9 Å². The molecule has 3 amide bonds. The van der Waals surface area contributed by atoms with E-state index in [1.165, 1.54) is 0 Å². The minimum absolute atomic E-state index is 0.0236. The number of nitrogens with one attached hydrogen (secondary N) is 2. The maximum Gasteiger partial charge on any atom is 0.321 e. The number of hydrogen-bond acceptors (Lipinski definition) is 4. The molecule has 0 radical (unpaired) electrons. The molecule has 0 aliphatic carbocycles. The first-order chi connectivity index (χ1) is 7.99. The molecular weight excluding hydrogens is 222 g/mol. The third-order valence-corrected chi connectivity index (χ3v) is 1.84. The topological polar surface area (TPSA) is 81.7 Å². The second kappa shape index (κ2) is 8.72. The molecule has 0 aromatic carbocycles. The molecule has 3 N–H and O–H groups in total. The van der Waals surface area contributed by atoms with Gasteiger partial charge in [0.15, 0.2) is 0 Å². The fraction of sp³-hybridized carbons (Fsp3) is 0.636. The quantitative estimate of drug-likeness (QED) is 0.536. The van der Waals surface area contributed by atoms with Crippen LogP contribution in [0.2, 0.25) is 0 Å². The molecule has 0 aromatic heterocycles. The lowest BCUT2D eigenvalue weighted by Gasteiger charge is -2.18. The van der Waals surface area contributed by atoms with E-state index >= 15 is 0 Å². The lowest BCUT2D eigenvalue weighted by atomic mass is 10.4. The SMILES string of the molecule is C=CCN(CCO)CC(=O)NC(=O)NC(C)C. The predicted octanol–water partition coefficient (Wildman–Crippen LogP) is -0.299. The molecule has 0 saturated heterocycles. The maximum absolute atomic E-state index is 11.5. The normalized spacial score (nSPS) is 10.4. The van der Waals surface area contributed by atoms with Gasteiger partial charge in [0.25, 0.3) is 0 Å². The van der Waals surface area contributed by atoms with Gasteiger partial charge in [0, 0.05) is 19.1 Å². The van der Waals surface area contributed by atoms with Crippen LogP contribution in [0.5, 0.6) is 0 Å².